The lowest BCUT2D eigenvalue weighted by Crippen LogP contribution is -1.90. The van der Waals surface area contributed by atoms with Gasteiger partial charge in [-0.1, -0.05) is 0 Å². The van der Waals surface area contributed by atoms with Crippen LogP contribution in [0.25, 0.3) is 0 Å². The highest BCUT2D eigenvalue weighted by Gasteiger charge is 2.02. The Bertz CT molecular complexity index is 276. The van der Waals surface area contributed by atoms with Gasteiger partial charge in [-0.05, 0) is 64.9 Å². The summed E-state index contributed by atoms with van der Waals surface area (Å²) in [5.41, 5.74) is 1.62. The average Bonchev–Trinajstić information content (AvgIpc) is 1.85. The van der Waals surface area contributed by atoms with Gasteiger partial charge in [0.15, 0.2) is 0 Å². The minimum absolute atomic E-state index is 0.397. The maximum absolute atomic E-state index is 10.7. The third kappa shape index (κ3) is 2.45. The second-order valence-electron chi connectivity index (χ2n) is 2.29. The van der Waals surface area contributed by atoms with Gasteiger partial charge in [-0.25, -0.2) is 0 Å². The summed E-state index contributed by atoms with van der Waals surface area (Å²) in [5.74, 6) is 0. The summed E-state index contributed by atoms with van der Waals surface area (Å²) in [7, 11) is 0. The third-order valence-corrected chi connectivity index (χ3v) is 2.11. The first kappa shape index (κ1) is 9.00. The first-order valence-electron chi connectivity index (χ1n) is 3.06. The van der Waals surface area contributed by atoms with E-state index >= 15 is 0 Å². The van der Waals surface area contributed by atoms with Gasteiger partial charge in [0.2, 0.25) is 0 Å². The molecule has 0 spiro atoms. The summed E-state index contributed by atoms with van der Waals surface area (Å²) in [5, 5.41) is -0.397. The van der Waals surface area contributed by atoms with Crippen molar-refractivity contribution in [3.8, 4) is 0 Å². The van der Waals surface area contributed by atoms with Gasteiger partial charge in [0.05, 0.1) is 0 Å². The van der Waals surface area contributed by atoms with E-state index in [1.165, 1.54) is 0 Å². The fourth-order valence-electron chi connectivity index (χ4n) is 0.850. The Hall–Kier alpha value is -0.0900. The Balaban J connectivity index is 3.19. The van der Waals surface area contributed by atoms with E-state index in [1.54, 1.807) is 12.1 Å². The van der Waals surface area contributed by atoms with Crippen molar-refractivity contribution in [1.29, 1.82) is 0 Å². The lowest BCUT2D eigenvalue weighted by atomic mass is 10.2. The van der Waals surface area contributed by atoms with Crippen LogP contribution in [0.3, 0.4) is 0 Å². The number of hydrogen-bond donors (Lipinski definition) is 0. The van der Waals surface area contributed by atoms with Gasteiger partial charge in [0, 0.05) is 9.13 Å². The highest BCUT2D eigenvalue weighted by molar-refractivity contribution is 14.1. The van der Waals surface area contributed by atoms with Crippen LogP contribution in [0.5, 0.6) is 0 Å². The molecule has 0 aliphatic heterocycles. The molecule has 0 amide bonds. The van der Waals surface area contributed by atoms with Crippen LogP contribution in [0.15, 0.2) is 18.2 Å². The summed E-state index contributed by atoms with van der Waals surface area (Å²) >= 11 is 7.46. The van der Waals surface area contributed by atoms with Gasteiger partial charge in [-0.3, -0.25) is 4.79 Å². The SMILES string of the molecule is Cc1cc(I)cc(C(=O)Cl)c1. The lowest BCUT2D eigenvalue weighted by Gasteiger charge is -1.97. The molecule has 0 radical (unpaired) electrons. The van der Waals surface area contributed by atoms with Crippen LogP contribution in [0, 0.1) is 10.5 Å². The summed E-state index contributed by atoms with van der Waals surface area (Å²) in [6, 6.07) is 5.53. The van der Waals surface area contributed by atoms with E-state index in [9.17, 15) is 4.79 Å². The molecular formula is C8H6ClIO. The molecule has 1 aromatic carbocycles. The number of carbonyl (C=O) groups is 1. The van der Waals surface area contributed by atoms with E-state index < -0.39 is 5.24 Å². The maximum Gasteiger partial charge on any atom is 0.252 e. The number of halogens is 2. The van der Waals surface area contributed by atoms with E-state index in [1.807, 2.05) is 13.0 Å². The summed E-state index contributed by atoms with van der Waals surface area (Å²) < 4.78 is 1.03. The van der Waals surface area contributed by atoms with Crippen molar-refractivity contribution in [3.05, 3.63) is 32.9 Å². The Morgan fingerprint density at radius 2 is 2.09 bits per heavy atom. The Morgan fingerprint density at radius 3 is 2.55 bits per heavy atom. The van der Waals surface area contributed by atoms with Crippen molar-refractivity contribution < 1.29 is 4.79 Å². The molecule has 0 unspecified atom stereocenters. The topological polar surface area (TPSA) is 17.1 Å². The average molecular weight is 280 g/mol. The summed E-state index contributed by atoms with van der Waals surface area (Å²) in [6.07, 6.45) is 0. The molecule has 0 aliphatic carbocycles. The molecule has 0 heterocycles. The van der Waals surface area contributed by atoms with Crippen molar-refractivity contribution in [1.82, 2.24) is 0 Å². The number of aryl methyl sites for hydroxylation is 1. The van der Waals surface area contributed by atoms with Crippen LogP contribution in [0.1, 0.15) is 15.9 Å². The van der Waals surface area contributed by atoms with E-state index in [0.717, 1.165) is 9.13 Å². The second-order valence-corrected chi connectivity index (χ2v) is 3.88. The highest BCUT2D eigenvalue weighted by atomic mass is 127. The van der Waals surface area contributed by atoms with Gasteiger partial charge >= 0.3 is 0 Å². The van der Waals surface area contributed by atoms with Gasteiger partial charge < -0.3 is 0 Å². The summed E-state index contributed by atoms with van der Waals surface area (Å²) in [6.45, 7) is 1.94. The number of carbonyl (C=O) groups excluding carboxylic acids is 1. The van der Waals surface area contributed by atoms with E-state index in [4.69, 9.17) is 11.6 Å². The number of rotatable bonds is 1. The normalized spacial score (nSPS) is 9.73. The lowest BCUT2D eigenvalue weighted by molar-refractivity contribution is 0.108. The Kier molecular flexibility index (Phi) is 2.90. The molecule has 3 heteroatoms. The van der Waals surface area contributed by atoms with Crippen LogP contribution < -0.4 is 0 Å². The van der Waals surface area contributed by atoms with Crippen LogP contribution in [-0.4, -0.2) is 5.24 Å². The van der Waals surface area contributed by atoms with Crippen molar-refractivity contribution in [2.45, 2.75) is 6.92 Å². The van der Waals surface area contributed by atoms with Crippen molar-refractivity contribution in [2.24, 2.45) is 0 Å². The first-order valence-corrected chi connectivity index (χ1v) is 4.52. The monoisotopic (exact) mass is 280 g/mol. The molecular weight excluding hydrogens is 274 g/mol. The molecule has 0 fully saturated rings. The van der Waals surface area contributed by atoms with Crippen LogP contribution in [0.2, 0.25) is 0 Å². The molecule has 0 saturated carbocycles. The summed E-state index contributed by atoms with van der Waals surface area (Å²) in [4.78, 5) is 10.7. The van der Waals surface area contributed by atoms with Gasteiger partial charge in [0.1, 0.15) is 0 Å². The van der Waals surface area contributed by atoms with Gasteiger partial charge in [-0.2, -0.15) is 0 Å². The van der Waals surface area contributed by atoms with E-state index in [2.05, 4.69) is 22.6 Å². The Labute approximate surface area is 83.9 Å². The fraction of sp³-hybridized carbons (Fsp3) is 0.125. The zero-order valence-corrected chi connectivity index (χ0v) is 8.81. The van der Waals surface area contributed by atoms with Crippen LogP contribution in [0.4, 0.5) is 0 Å². The van der Waals surface area contributed by atoms with Crippen molar-refractivity contribution >= 4 is 39.4 Å². The van der Waals surface area contributed by atoms with Crippen LogP contribution >= 0.6 is 34.2 Å². The number of benzene rings is 1. The van der Waals surface area contributed by atoms with Crippen molar-refractivity contribution in [2.75, 3.05) is 0 Å². The molecule has 0 aliphatic rings. The van der Waals surface area contributed by atoms with E-state index in [-0.39, 0.29) is 0 Å². The molecule has 0 N–H and O–H groups in total. The molecule has 1 aromatic rings. The molecule has 0 aromatic heterocycles. The molecule has 58 valence electrons. The molecule has 0 atom stereocenters. The van der Waals surface area contributed by atoms with Gasteiger partial charge in [-0.15, -0.1) is 0 Å². The predicted octanol–water partition coefficient (Wildman–Crippen LogP) is 2.98. The standard InChI is InChI=1S/C8H6ClIO/c1-5-2-6(8(9)11)4-7(10)3-5/h2-4H,1H3. The quantitative estimate of drug-likeness (QED) is 0.571. The second kappa shape index (κ2) is 3.54. The molecule has 0 bridgehead atoms. The maximum atomic E-state index is 10.7. The van der Waals surface area contributed by atoms with E-state index in [0.29, 0.717) is 5.56 Å². The third-order valence-electron chi connectivity index (χ3n) is 1.27. The van der Waals surface area contributed by atoms with Crippen molar-refractivity contribution in [3.63, 3.8) is 0 Å². The largest absolute Gasteiger partial charge is 0.276 e. The predicted molar refractivity (Wildman–Crippen MR) is 54.1 cm³/mol. The zero-order chi connectivity index (χ0) is 8.43. The molecule has 1 rings (SSSR count). The Morgan fingerprint density at radius 1 is 1.45 bits per heavy atom. The zero-order valence-electron chi connectivity index (χ0n) is 5.90. The smallest absolute Gasteiger partial charge is 0.252 e. The minimum atomic E-state index is -0.397. The molecule has 1 nitrogen and oxygen atoms in total. The first-order chi connectivity index (χ1) is 5.09. The van der Waals surface area contributed by atoms with Gasteiger partial charge in [0.25, 0.3) is 5.24 Å². The minimum Gasteiger partial charge on any atom is -0.276 e. The van der Waals surface area contributed by atoms with Crippen LogP contribution in [-0.2, 0) is 0 Å². The highest BCUT2D eigenvalue weighted by Crippen LogP contribution is 2.13. The fourth-order valence-corrected chi connectivity index (χ4v) is 1.79. The number of hydrogen-bond acceptors (Lipinski definition) is 1. The molecule has 11 heavy (non-hydrogen) atoms. The molecule has 0 saturated heterocycles.